The smallest absolute Gasteiger partial charge is 0.159 e. The summed E-state index contributed by atoms with van der Waals surface area (Å²) in [5, 5.41) is 0. The average molecular weight is 539 g/mol. The van der Waals surface area contributed by atoms with Crippen molar-refractivity contribution in [2.24, 2.45) is 0 Å². The van der Waals surface area contributed by atoms with Gasteiger partial charge in [0.1, 0.15) is 0 Å². The Hall–Kier alpha value is -5.74. The van der Waals surface area contributed by atoms with Crippen LogP contribution in [0.15, 0.2) is 158 Å². The number of rotatable bonds is 6. The molecule has 0 fully saturated rings. The number of benzene rings is 5. The number of aromatic nitrogens is 4. The van der Waals surface area contributed by atoms with E-state index in [0.717, 1.165) is 45.0 Å². The number of nitrogens with zero attached hydrogens (tertiary/aromatic N) is 4. The number of hydrogen-bond donors (Lipinski definition) is 0. The second-order valence-electron chi connectivity index (χ2n) is 9.97. The van der Waals surface area contributed by atoms with Crippen molar-refractivity contribution in [3.05, 3.63) is 158 Å². The monoisotopic (exact) mass is 538 g/mol. The van der Waals surface area contributed by atoms with Gasteiger partial charge in [0.25, 0.3) is 0 Å². The van der Waals surface area contributed by atoms with Gasteiger partial charge in [0.2, 0.25) is 0 Å². The molecule has 0 N–H and O–H groups in total. The van der Waals surface area contributed by atoms with Gasteiger partial charge in [-0.2, -0.15) is 0 Å². The lowest BCUT2D eigenvalue weighted by Gasteiger charge is -2.18. The minimum atomic E-state index is 0.718. The maximum absolute atomic E-state index is 4.42. The third kappa shape index (κ3) is 5.09. The van der Waals surface area contributed by atoms with E-state index >= 15 is 0 Å². The van der Waals surface area contributed by atoms with Gasteiger partial charge in [-0.05, 0) is 68.8 Å². The first-order valence-corrected chi connectivity index (χ1v) is 13.9. The molecule has 0 amide bonds. The van der Waals surface area contributed by atoms with E-state index < -0.39 is 0 Å². The molecule has 0 aliphatic heterocycles. The predicted molar refractivity (Wildman–Crippen MR) is 170 cm³/mol. The van der Waals surface area contributed by atoms with Gasteiger partial charge < -0.3 is 0 Å². The van der Waals surface area contributed by atoms with Gasteiger partial charge >= 0.3 is 0 Å². The molecule has 5 aromatic carbocycles. The Morgan fingerprint density at radius 2 is 0.548 bits per heavy atom. The zero-order chi connectivity index (χ0) is 28.1. The molecule has 2 heterocycles. The molecule has 4 heteroatoms. The second kappa shape index (κ2) is 11.4. The van der Waals surface area contributed by atoms with E-state index in [1.165, 1.54) is 22.3 Å². The zero-order valence-electron chi connectivity index (χ0n) is 22.8. The quantitative estimate of drug-likeness (QED) is 0.212. The minimum Gasteiger partial charge on any atom is -0.237 e. The lowest BCUT2D eigenvalue weighted by molar-refractivity contribution is 1.18. The van der Waals surface area contributed by atoms with Crippen molar-refractivity contribution in [2.45, 2.75) is 0 Å². The van der Waals surface area contributed by atoms with Crippen LogP contribution in [0.2, 0.25) is 0 Å². The summed E-state index contributed by atoms with van der Waals surface area (Å²) in [6, 6.07) is 46.5. The van der Waals surface area contributed by atoms with Gasteiger partial charge in [0.15, 0.2) is 11.6 Å². The molecule has 198 valence electrons. The van der Waals surface area contributed by atoms with Gasteiger partial charge in [-0.3, -0.25) is 0 Å². The van der Waals surface area contributed by atoms with Gasteiger partial charge in [0, 0.05) is 35.9 Å². The molecular weight excluding hydrogens is 512 g/mol. The van der Waals surface area contributed by atoms with Crippen molar-refractivity contribution in [1.82, 2.24) is 19.9 Å². The van der Waals surface area contributed by atoms with Crippen molar-refractivity contribution in [3.8, 4) is 67.3 Å². The first-order valence-electron chi connectivity index (χ1n) is 13.9. The largest absolute Gasteiger partial charge is 0.237 e. The van der Waals surface area contributed by atoms with Crippen LogP contribution in [0.25, 0.3) is 67.3 Å². The van der Waals surface area contributed by atoms with Crippen molar-refractivity contribution in [2.75, 3.05) is 0 Å². The topological polar surface area (TPSA) is 51.6 Å². The van der Waals surface area contributed by atoms with Crippen molar-refractivity contribution in [3.63, 3.8) is 0 Å². The maximum Gasteiger partial charge on any atom is 0.159 e. The van der Waals surface area contributed by atoms with Crippen LogP contribution < -0.4 is 0 Å². The Morgan fingerprint density at radius 1 is 0.262 bits per heavy atom. The fourth-order valence-corrected chi connectivity index (χ4v) is 5.28. The lowest BCUT2D eigenvalue weighted by Crippen LogP contribution is -1.93. The standard InChI is InChI=1S/C38H26N4/c1-3-9-27(10-4-1)33-25-34(28-11-5-2-6-12-28)36(30-15-19-32(20-16-30)38-41-23-8-24-42-38)26-35(33)29-13-17-31(18-14-29)37-39-21-7-22-40-37/h1-26H. The van der Waals surface area contributed by atoms with Crippen LogP contribution in [-0.4, -0.2) is 19.9 Å². The molecule has 0 aliphatic rings. The van der Waals surface area contributed by atoms with E-state index in [4.69, 9.17) is 0 Å². The Balaban J connectivity index is 1.42. The summed E-state index contributed by atoms with van der Waals surface area (Å²) < 4.78 is 0. The number of hydrogen-bond acceptors (Lipinski definition) is 4. The first-order chi connectivity index (χ1) is 20.8. The Morgan fingerprint density at radius 3 is 0.881 bits per heavy atom. The van der Waals surface area contributed by atoms with Gasteiger partial charge in [-0.15, -0.1) is 0 Å². The van der Waals surface area contributed by atoms with Crippen molar-refractivity contribution >= 4 is 0 Å². The van der Waals surface area contributed by atoms with Crippen molar-refractivity contribution in [1.29, 1.82) is 0 Å². The van der Waals surface area contributed by atoms with Crippen LogP contribution in [0, 0.1) is 0 Å². The maximum atomic E-state index is 4.42. The van der Waals surface area contributed by atoms with Crippen LogP contribution in [-0.2, 0) is 0 Å². The summed E-state index contributed by atoms with van der Waals surface area (Å²) in [4.78, 5) is 17.7. The normalized spacial score (nSPS) is 10.9. The Kier molecular flexibility index (Phi) is 6.85. The summed E-state index contributed by atoms with van der Waals surface area (Å²) in [6.45, 7) is 0. The van der Waals surface area contributed by atoms with Crippen LogP contribution in [0.1, 0.15) is 0 Å². The van der Waals surface area contributed by atoms with E-state index in [1.54, 1.807) is 24.8 Å². The van der Waals surface area contributed by atoms with Crippen LogP contribution in [0.5, 0.6) is 0 Å². The van der Waals surface area contributed by atoms with Crippen LogP contribution in [0.3, 0.4) is 0 Å². The molecular formula is C38H26N4. The predicted octanol–water partition coefficient (Wildman–Crippen LogP) is 9.27. The second-order valence-corrected chi connectivity index (χ2v) is 9.97. The molecule has 0 bridgehead atoms. The molecule has 0 saturated heterocycles. The minimum absolute atomic E-state index is 0.718. The highest BCUT2D eigenvalue weighted by Gasteiger charge is 2.16. The van der Waals surface area contributed by atoms with Crippen molar-refractivity contribution < 1.29 is 0 Å². The molecule has 7 aromatic rings. The molecule has 4 nitrogen and oxygen atoms in total. The summed E-state index contributed by atoms with van der Waals surface area (Å²) >= 11 is 0. The van der Waals surface area contributed by atoms with E-state index in [0.29, 0.717) is 0 Å². The fourth-order valence-electron chi connectivity index (χ4n) is 5.28. The molecule has 0 aliphatic carbocycles. The van der Waals surface area contributed by atoms with Gasteiger partial charge in [0.05, 0.1) is 0 Å². The zero-order valence-corrected chi connectivity index (χ0v) is 22.8. The third-order valence-corrected chi connectivity index (χ3v) is 7.37. The molecule has 0 radical (unpaired) electrons. The van der Waals surface area contributed by atoms with Gasteiger partial charge in [-0.1, -0.05) is 109 Å². The Bertz CT molecular complexity index is 1780. The van der Waals surface area contributed by atoms with E-state index in [2.05, 4.69) is 141 Å². The molecule has 0 saturated carbocycles. The first kappa shape index (κ1) is 25.2. The van der Waals surface area contributed by atoms with Crippen LogP contribution in [0.4, 0.5) is 0 Å². The highest BCUT2D eigenvalue weighted by atomic mass is 14.9. The molecule has 0 atom stereocenters. The van der Waals surface area contributed by atoms with Crippen LogP contribution >= 0.6 is 0 Å². The molecule has 0 spiro atoms. The molecule has 42 heavy (non-hydrogen) atoms. The third-order valence-electron chi connectivity index (χ3n) is 7.37. The summed E-state index contributed by atoms with van der Waals surface area (Å²) in [6.07, 6.45) is 7.09. The van der Waals surface area contributed by atoms with Gasteiger partial charge in [-0.25, -0.2) is 19.9 Å². The average Bonchev–Trinajstić information content (AvgIpc) is 3.09. The Labute approximate surface area is 245 Å². The highest BCUT2D eigenvalue weighted by Crippen LogP contribution is 2.42. The lowest BCUT2D eigenvalue weighted by atomic mass is 9.85. The van der Waals surface area contributed by atoms with E-state index in [-0.39, 0.29) is 0 Å². The fraction of sp³-hybridized carbons (Fsp3) is 0. The SMILES string of the molecule is c1ccc(-c2cc(-c3ccccc3)c(-c3ccc(-c4ncccn4)cc3)cc2-c2ccc(-c3ncccn3)cc2)cc1. The van der Waals surface area contributed by atoms with E-state index in [9.17, 15) is 0 Å². The summed E-state index contributed by atoms with van der Waals surface area (Å²) in [5.74, 6) is 1.44. The summed E-state index contributed by atoms with van der Waals surface area (Å²) in [7, 11) is 0. The highest BCUT2D eigenvalue weighted by molar-refractivity contribution is 5.95. The molecule has 7 rings (SSSR count). The molecule has 2 aromatic heterocycles. The molecule has 0 unspecified atom stereocenters. The summed E-state index contributed by atoms with van der Waals surface area (Å²) in [5.41, 5.74) is 11.2. The van der Waals surface area contributed by atoms with E-state index in [1.807, 2.05) is 12.1 Å².